The van der Waals surface area contributed by atoms with Crippen molar-refractivity contribution in [3.63, 3.8) is 0 Å². The van der Waals surface area contributed by atoms with Gasteiger partial charge in [-0.1, -0.05) is 12.1 Å². The maximum absolute atomic E-state index is 14.0. The number of aryl methyl sites for hydroxylation is 1. The number of sulfonamides is 1. The summed E-state index contributed by atoms with van der Waals surface area (Å²) in [5.41, 5.74) is -0.681. The first-order chi connectivity index (χ1) is 13.2. The molecule has 10 heteroatoms. The summed E-state index contributed by atoms with van der Waals surface area (Å²) in [6.07, 6.45) is 1.15. The van der Waals surface area contributed by atoms with E-state index in [0.29, 0.717) is 0 Å². The minimum Gasteiger partial charge on any atom is -0.333 e. The largest absolute Gasteiger partial charge is 0.333 e. The Hall–Kier alpha value is -3.58. The summed E-state index contributed by atoms with van der Waals surface area (Å²) in [5.74, 6) is -3.01. The van der Waals surface area contributed by atoms with Crippen LogP contribution in [0.15, 0.2) is 53.6 Å². The molecule has 142 valence electrons. The number of nitriles is 1. The molecule has 3 rings (SSSR count). The molecule has 0 aliphatic rings. The number of halogens is 2. The summed E-state index contributed by atoms with van der Waals surface area (Å²) in [4.78, 5) is 15.9. The lowest BCUT2D eigenvalue weighted by atomic mass is 10.2. The van der Waals surface area contributed by atoms with E-state index in [0.717, 1.165) is 24.4 Å². The van der Waals surface area contributed by atoms with Crippen LogP contribution in [0.5, 0.6) is 0 Å². The number of aromatic nitrogens is 2. The van der Waals surface area contributed by atoms with Crippen molar-refractivity contribution in [1.82, 2.24) is 14.3 Å². The van der Waals surface area contributed by atoms with Gasteiger partial charge in [0.2, 0.25) is 0 Å². The minimum atomic E-state index is -4.27. The highest BCUT2D eigenvalue weighted by atomic mass is 32.2. The van der Waals surface area contributed by atoms with E-state index in [9.17, 15) is 22.0 Å². The van der Waals surface area contributed by atoms with Crippen LogP contribution in [0.2, 0.25) is 0 Å². The lowest BCUT2D eigenvalue weighted by Crippen LogP contribution is -2.30. The van der Waals surface area contributed by atoms with Gasteiger partial charge in [0.25, 0.3) is 15.9 Å². The molecular weight excluding hydrogens is 390 g/mol. The molecular formula is C18H12F2N4O3S. The number of carbonyl (C=O) groups is 1. The van der Waals surface area contributed by atoms with Gasteiger partial charge in [0.15, 0.2) is 0 Å². The van der Waals surface area contributed by atoms with Gasteiger partial charge in [-0.15, -0.1) is 0 Å². The lowest BCUT2D eigenvalue weighted by molar-refractivity contribution is 0.0977. The van der Waals surface area contributed by atoms with Gasteiger partial charge >= 0.3 is 0 Å². The zero-order valence-electron chi connectivity index (χ0n) is 14.3. The van der Waals surface area contributed by atoms with Crippen LogP contribution >= 0.6 is 0 Å². The molecule has 0 unspecified atom stereocenters. The Labute approximate surface area is 158 Å². The van der Waals surface area contributed by atoms with E-state index in [1.807, 2.05) is 4.72 Å². The fourth-order valence-electron chi connectivity index (χ4n) is 2.49. The van der Waals surface area contributed by atoms with Gasteiger partial charge in [-0.2, -0.15) is 5.26 Å². The van der Waals surface area contributed by atoms with Crippen LogP contribution in [0.3, 0.4) is 0 Å². The second-order valence-corrected chi connectivity index (χ2v) is 7.41. The molecule has 28 heavy (non-hydrogen) atoms. The summed E-state index contributed by atoms with van der Waals surface area (Å²) >= 11 is 0. The van der Waals surface area contributed by atoms with Crippen molar-refractivity contribution < 1.29 is 22.0 Å². The topological polar surface area (TPSA) is 105 Å². The zero-order valence-corrected chi connectivity index (χ0v) is 15.2. The van der Waals surface area contributed by atoms with Gasteiger partial charge in [-0.05, 0) is 30.3 Å². The third-order valence-electron chi connectivity index (χ3n) is 3.80. The maximum Gasteiger partial charge on any atom is 0.285 e. The molecule has 0 bridgehead atoms. The van der Waals surface area contributed by atoms with Gasteiger partial charge in [0.05, 0.1) is 22.1 Å². The molecule has 0 aliphatic carbocycles. The molecule has 1 aromatic heterocycles. The van der Waals surface area contributed by atoms with Crippen molar-refractivity contribution >= 4 is 15.9 Å². The minimum absolute atomic E-state index is 0.102. The van der Waals surface area contributed by atoms with E-state index < -0.39 is 33.1 Å². The molecule has 2 aromatic carbocycles. The van der Waals surface area contributed by atoms with E-state index >= 15 is 0 Å². The van der Waals surface area contributed by atoms with Crippen LogP contribution in [0, 0.1) is 23.0 Å². The number of hydrogen-bond donors (Lipinski definition) is 1. The first-order valence-corrected chi connectivity index (χ1v) is 9.26. The highest BCUT2D eigenvalue weighted by Crippen LogP contribution is 2.25. The summed E-state index contributed by atoms with van der Waals surface area (Å²) in [7, 11) is -2.86. The van der Waals surface area contributed by atoms with Gasteiger partial charge in [-0.3, -0.25) is 4.79 Å². The van der Waals surface area contributed by atoms with Crippen molar-refractivity contribution in [3.05, 3.63) is 71.6 Å². The summed E-state index contributed by atoms with van der Waals surface area (Å²) in [6, 6.07) is 10.2. The molecule has 0 saturated carbocycles. The van der Waals surface area contributed by atoms with Crippen LogP contribution in [0.4, 0.5) is 8.78 Å². The lowest BCUT2D eigenvalue weighted by Gasteiger charge is -2.05. The molecule has 0 atom stereocenters. The van der Waals surface area contributed by atoms with Crippen LogP contribution < -0.4 is 4.72 Å². The second-order valence-electron chi connectivity index (χ2n) is 5.73. The molecule has 0 radical (unpaired) electrons. The average Bonchev–Trinajstić information content (AvgIpc) is 3.03. The Balaban J connectivity index is 1.93. The Kier molecular flexibility index (Phi) is 4.94. The van der Waals surface area contributed by atoms with E-state index in [-0.39, 0.29) is 22.0 Å². The number of nitrogens with zero attached hydrogens (tertiary/aromatic N) is 3. The molecule has 0 aliphatic heterocycles. The first kappa shape index (κ1) is 19.2. The molecule has 0 fully saturated rings. The number of carbonyl (C=O) groups excluding carboxylic acids is 1. The monoisotopic (exact) mass is 402 g/mol. The maximum atomic E-state index is 14.0. The third-order valence-corrected chi connectivity index (χ3v) is 5.12. The van der Waals surface area contributed by atoms with Gasteiger partial charge < -0.3 is 4.57 Å². The zero-order chi connectivity index (χ0) is 20.5. The number of nitrogens with one attached hydrogen (secondary N) is 1. The number of amides is 1. The van der Waals surface area contributed by atoms with Crippen molar-refractivity contribution in [2.24, 2.45) is 7.05 Å². The number of rotatable bonds is 4. The molecule has 1 heterocycles. The fraction of sp³-hybridized carbons (Fsp3) is 0.0556. The Morgan fingerprint density at radius 1 is 1.18 bits per heavy atom. The molecule has 0 spiro atoms. The van der Waals surface area contributed by atoms with Gasteiger partial charge in [0.1, 0.15) is 23.2 Å². The van der Waals surface area contributed by atoms with Crippen LogP contribution in [-0.2, 0) is 17.1 Å². The van der Waals surface area contributed by atoms with Gasteiger partial charge in [-0.25, -0.2) is 26.9 Å². The number of benzene rings is 2. The SMILES string of the molecule is Cn1cc(C(=O)NS(=O)(=O)c2cccc(C#N)c2)nc1-c1c(F)cccc1F. The van der Waals surface area contributed by atoms with Crippen LogP contribution in [0.25, 0.3) is 11.4 Å². The summed E-state index contributed by atoms with van der Waals surface area (Å²) < 4.78 is 55.7. The molecule has 7 nitrogen and oxygen atoms in total. The highest BCUT2D eigenvalue weighted by molar-refractivity contribution is 7.90. The first-order valence-electron chi connectivity index (χ1n) is 7.78. The van der Waals surface area contributed by atoms with E-state index in [2.05, 4.69) is 4.98 Å². The molecule has 1 N–H and O–H groups in total. The van der Waals surface area contributed by atoms with Crippen molar-refractivity contribution in [2.75, 3.05) is 0 Å². The molecule has 3 aromatic rings. The van der Waals surface area contributed by atoms with Crippen molar-refractivity contribution in [1.29, 1.82) is 5.26 Å². The molecule has 0 saturated heterocycles. The van der Waals surface area contributed by atoms with Crippen LogP contribution in [-0.4, -0.2) is 23.9 Å². The third kappa shape index (κ3) is 3.60. The summed E-state index contributed by atoms with van der Waals surface area (Å²) in [5, 5.41) is 8.87. The van der Waals surface area contributed by atoms with Gasteiger partial charge in [0, 0.05) is 13.2 Å². The fourth-order valence-corrected chi connectivity index (χ4v) is 3.49. The standard InChI is InChI=1S/C18H12F2N4O3S/c1-24-10-15(22-17(24)16-13(19)6-3-7-14(16)20)18(25)23-28(26,27)12-5-2-4-11(8-12)9-21/h2-8,10H,1H3,(H,23,25). The van der Waals surface area contributed by atoms with E-state index in [1.165, 1.54) is 35.9 Å². The predicted molar refractivity (Wildman–Crippen MR) is 94.4 cm³/mol. The second kappa shape index (κ2) is 7.21. The average molecular weight is 402 g/mol. The van der Waals surface area contributed by atoms with E-state index in [4.69, 9.17) is 5.26 Å². The van der Waals surface area contributed by atoms with Crippen molar-refractivity contribution in [3.8, 4) is 17.5 Å². The Morgan fingerprint density at radius 3 is 2.46 bits per heavy atom. The highest BCUT2D eigenvalue weighted by Gasteiger charge is 2.23. The number of hydrogen-bond acceptors (Lipinski definition) is 5. The normalized spacial score (nSPS) is 11.1. The predicted octanol–water partition coefficient (Wildman–Crippen LogP) is 2.36. The Morgan fingerprint density at radius 2 is 1.82 bits per heavy atom. The summed E-state index contributed by atoms with van der Waals surface area (Å²) in [6.45, 7) is 0. The van der Waals surface area contributed by atoms with Crippen LogP contribution in [0.1, 0.15) is 16.1 Å². The number of imidazole rings is 1. The smallest absolute Gasteiger partial charge is 0.285 e. The quantitative estimate of drug-likeness (QED) is 0.721. The Bertz CT molecular complexity index is 1210. The van der Waals surface area contributed by atoms with Crippen molar-refractivity contribution in [2.45, 2.75) is 4.90 Å². The van der Waals surface area contributed by atoms with E-state index in [1.54, 1.807) is 6.07 Å². The molecule has 1 amide bonds.